The minimum atomic E-state index is 0.704. The van der Waals surface area contributed by atoms with Gasteiger partial charge in [-0.1, -0.05) is 10.3 Å². The normalized spacial score (nSPS) is 19.6. The number of nitrogens with zero attached hydrogens (tertiary/aromatic N) is 2. The van der Waals surface area contributed by atoms with Crippen molar-refractivity contribution in [2.24, 2.45) is 5.16 Å². The fourth-order valence-corrected chi connectivity index (χ4v) is 1.60. The van der Waals surface area contributed by atoms with Gasteiger partial charge in [-0.15, -0.1) is 0 Å². The fourth-order valence-electron chi connectivity index (χ4n) is 1.60. The molecule has 1 aromatic heterocycles. The van der Waals surface area contributed by atoms with Gasteiger partial charge in [0.05, 0.1) is 17.0 Å². The van der Waals surface area contributed by atoms with Crippen LogP contribution in [-0.2, 0) is 6.42 Å². The van der Waals surface area contributed by atoms with Gasteiger partial charge >= 0.3 is 0 Å². The topological polar surface area (TPSA) is 58.6 Å². The van der Waals surface area contributed by atoms with E-state index in [-0.39, 0.29) is 0 Å². The first kappa shape index (κ1) is 7.34. The van der Waals surface area contributed by atoms with Crippen LogP contribution in [-0.4, -0.2) is 16.1 Å². The first-order valence-corrected chi connectivity index (χ1v) is 3.99. The van der Waals surface area contributed by atoms with Crippen LogP contribution in [0, 0.1) is 6.92 Å². The third-order valence-corrected chi connectivity index (χ3v) is 2.16. The molecule has 1 heterocycles. The predicted molar refractivity (Wildman–Crippen MR) is 42.5 cm³/mol. The molecule has 0 unspecified atom stereocenters. The molecule has 0 fully saturated rings. The van der Waals surface area contributed by atoms with Gasteiger partial charge in [-0.2, -0.15) is 0 Å². The number of rotatable bonds is 0. The van der Waals surface area contributed by atoms with Gasteiger partial charge in [0.2, 0.25) is 0 Å². The Labute approximate surface area is 69.9 Å². The van der Waals surface area contributed by atoms with Crippen LogP contribution in [0.25, 0.3) is 0 Å². The number of hydrogen-bond donors (Lipinski definition) is 1. The van der Waals surface area contributed by atoms with Gasteiger partial charge in [-0.25, -0.2) is 0 Å². The maximum atomic E-state index is 8.70. The highest BCUT2D eigenvalue weighted by Gasteiger charge is 2.22. The SMILES string of the molecule is Cc1noc2c1C(=NO)CCC2. The van der Waals surface area contributed by atoms with Crippen molar-refractivity contribution in [3.05, 3.63) is 17.0 Å². The Balaban J connectivity index is 2.55. The van der Waals surface area contributed by atoms with E-state index in [1.54, 1.807) is 0 Å². The van der Waals surface area contributed by atoms with Crippen molar-refractivity contribution in [2.45, 2.75) is 26.2 Å². The molecule has 2 rings (SSSR count). The maximum absolute atomic E-state index is 8.70. The average Bonchev–Trinajstić information content (AvgIpc) is 2.48. The average molecular weight is 166 g/mol. The molecular formula is C8H10N2O2. The molecule has 1 aliphatic rings. The minimum Gasteiger partial charge on any atom is -0.411 e. The number of aryl methyl sites for hydroxylation is 2. The summed E-state index contributed by atoms with van der Waals surface area (Å²) in [7, 11) is 0. The molecule has 1 aliphatic carbocycles. The van der Waals surface area contributed by atoms with Crippen molar-refractivity contribution in [1.29, 1.82) is 0 Å². The summed E-state index contributed by atoms with van der Waals surface area (Å²) in [6.45, 7) is 1.86. The minimum absolute atomic E-state index is 0.704. The van der Waals surface area contributed by atoms with Gasteiger partial charge < -0.3 is 9.73 Å². The van der Waals surface area contributed by atoms with Crippen molar-refractivity contribution in [3.8, 4) is 0 Å². The zero-order chi connectivity index (χ0) is 8.55. The van der Waals surface area contributed by atoms with Gasteiger partial charge in [0.15, 0.2) is 0 Å². The maximum Gasteiger partial charge on any atom is 0.146 e. The highest BCUT2D eigenvalue weighted by Crippen LogP contribution is 2.23. The lowest BCUT2D eigenvalue weighted by molar-refractivity contribution is 0.316. The number of aromatic nitrogens is 1. The zero-order valence-corrected chi connectivity index (χ0v) is 6.87. The molecule has 4 nitrogen and oxygen atoms in total. The lowest BCUT2D eigenvalue weighted by Gasteiger charge is -2.09. The summed E-state index contributed by atoms with van der Waals surface area (Å²) in [6.07, 6.45) is 2.68. The van der Waals surface area contributed by atoms with E-state index in [0.29, 0.717) is 5.71 Å². The van der Waals surface area contributed by atoms with Gasteiger partial charge in [-0.3, -0.25) is 0 Å². The Hall–Kier alpha value is -1.32. The van der Waals surface area contributed by atoms with E-state index < -0.39 is 0 Å². The Kier molecular flexibility index (Phi) is 1.60. The molecule has 0 atom stereocenters. The molecule has 1 N–H and O–H groups in total. The third kappa shape index (κ3) is 0.913. The highest BCUT2D eigenvalue weighted by molar-refractivity contribution is 6.02. The van der Waals surface area contributed by atoms with Crippen LogP contribution in [0.1, 0.15) is 29.9 Å². The van der Waals surface area contributed by atoms with Crippen LogP contribution in [0.2, 0.25) is 0 Å². The number of fused-ring (bicyclic) bond motifs is 1. The molecule has 12 heavy (non-hydrogen) atoms. The molecule has 0 saturated carbocycles. The summed E-state index contributed by atoms with van der Waals surface area (Å²) < 4.78 is 5.08. The predicted octanol–water partition coefficient (Wildman–Crippen LogP) is 1.50. The van der Waals surface area contributed by atoms with Crippen molar-refractivity contribution in [3.63, 3.8) is 0 Å². The van der Waals surface area contributed by atoms with E-state index in [0.717, 1.165) is 36.3 Å². The van der Waals surface area contributed by atoms with Crippen molar-refractivity contribution in [2.75, 3.05) is 0 Å². The molecule has 0 aliphatic heterocycles. The van der Waals surface area contributed by atoms with E-state index in [4.69, 9.17) is 9.73 Å². The van der Waals surface area contributed by atoms with Crippen LogP contribution in [0.4, 0.5) is 0 Å². The second kappa shape index (κ2) is 2.62. The van der Waals surface area contributed by atoms with Crippen molar-refractivity contribution < 1.29 is 9.73 Å². The first-order valence-electron chi connectivity index (χ1n) is 3.99. The van der Waals surface area contributed by atoms with Crippen molar-refractivity contribution >= 4 is 5.71 Å². The van der Waals surface area contributed by atoms with Gasteiger partial charge in [0.25, 0.3) is 0 Å². The molecule has 4 heteroatoms. The van der Waals surface area contributed by atoms with Crippen LogP contribution in [0.3, 0.4) is 0 Å². The molecule has 0 amide bonds. The molecule has 0 aromatic carbocycles. The first-order chi connectivity index (χ1) is 5.83. The lowest BCUT2D eigenvalue weighted by Crippen LogP contribution is -2.10. The Morgan fingerprint density at radius 1 is 1.50 bits per heavy atom. The highest BCUT2D eigenvalue weighted by atomic mass is 16.5. The smallest absolute Gasteiger partial charge is 0.146 e. The molecule has 64 valence electrons. The summed E-state index contributed by atoms with van der Waals surface area (Å²) in [4.78, 5) is 0. The van der Waals surface area contributed by atoms with E-state index in [1.807, 2.05) is 6.92 Å². The number of oxime groups is 1. The van der Waals surface area contributed by atoms with Crippen molar-refractivity contribution in [1.82, 2.24) is 5.16 Å². The fraction of sp³-hybridized carbons (Fsp3) is 0.500. The van der Waals surface area contributed by atoms with Gasteiger partial charge in [-0.05, 0) is 19.8 Å². The van der Waals surface area contributed by atoms with Crippen LogP contribution >= 0.6 is 0 Å². The summed E-state index contributed by atoms with van der Waals surface area (Å²) >= 11 is 0. The molecule has 1 aromatic rings. The van der Waals surface area contributed by atoms with Crippen LogP contribution < -0.4 is 0 Å². The molecular weight excluding hydrogens is 156 g/mol. The second-order valence-corrected chi connectivity index (χ2v) is 2.97. The summed E-state index contributed by atoms with van der Waals surface area (Å²) in [5.41, 5.74) is 2.43. The zero-order valence-electron chi connectivity index (χ0n) is 6.87. The van der Waals surface area contributed by atoms with Gasteiger partial charge in [0.1, 0.15) is 5.76 Å². The Bertz CT molecular complexity index is 328. The molecule has 0 bridgehead atoms. The summed E-state index contributed by atoms with van der Waals surface area (Å²) in [6, 6.07) is 0. The Morgan fingerprint density at radius 3 is 3.08 bits per heavy atom. The van der Waals surface area contributed by atoms with Crippen LogP contribution in [0.15, 0.2) is 9.68 Å². The molecule has 0 radical (unpaired) electrons. The van der Waals surface area contributed by atoms with Gasteiger partial charge in [0, 0.05) is 6.42 Å². The Morgan fingerprint density at radius 2 is 2.33 bits per heavy atom. The third-order valence-electron chi connectivity index (χ3n) is 2.16. The molecule has 0 spiro atoms. The largest absolute Gasteiger partial charge is 0.411 e. The quantitative estimate of drug-likeness (QED) is 0.469. The lowest BCUT2D eigenvalue weighted by atomic mass is 9.95. The second-order valence-electron chi connectivity index (χ2n) is 2.97. The standard InChI is InChI=1S/C8H10N2O2/c1-5-8-6(9-11)3-2-4-7(8)12-10-5/h11H,2-4H2,1H3. The monoisotopic (exact) mass is 166 g/mol. The van der Waals surface area contributed by atoms with E-state index >= 15 is 0 Å². The van der Waals surface area contributed by atoms with E-state index in [1.165, 1.54) is 0 Å². The molecule has 0 saturated heterocycles. The van der Waals surface area contributed by atoms with E-state index in [9.17, 15) is 0 Å². The van der Waals surface area contributed by atoms with E-state index in [2.05, 4.69) is 10.3 Å². The summed E-state index contributed by atoms with van der Waals surface area (Å²) in [5.74, 6) is 0.853. The number of hydrogen-bond acceptors (Lipinski definition) is 4. The van der Waals surface area contributed by atoms with Crippen LogP contribution in [0.5, 0.6) is 0 Å². The summed E-state index contributed by atoms with van der Waals surface area (Å²) in [5, 5.41) is 15.8.